The van der Waals surface area contributed by atoms with Gasteiger partial charge in [-0.15, -0.1) is 0 Å². The van der Waals surface area contributed by atoms with E-state index in [-0.39, 0.29) is 29.9 Å². The minimum absolute atomic E-state index is 0.0930. The van der Waals surface area contributed by atoms with Crippen LogP contribution < -0.4 is 0 Å². The fourth-order valence-electron chi connectivity index (χ4n) is 2.95. The molecule has 0 aliphatic rings. The molecule has 26 heavy (non-hydrogen) atoms. The van der Waals surface area contributed by atoms with Crippen LogP contribution in [0.4, 0.5) is 0 Å². The lowest BCUT2D eigenvalue weighted by atomic mass is 9.98. The van der Waals surface area contributed by atoms with Crippen molar-refractivity contribution < 1.29 is 23.9 Å². The fourth-order valence-corrected chi connectivity index (χ4v) is 2.95. The Labute approximate surface area is 155 Å². The van der Waals surface area contributed by atoms with E-state index < -0.39 is 12.1 Å². The van der Waals surface area contributed by atoms with Crippen LogP contribution >= 0.6 is 0 Å². The van der Waals surface area contributed by atoms with Gasteiger partial charge < -0.3 is 14.4 Å². The van der Waals surface area contributed by atoms with Crippen LogP contribution in [0.3, 0.4) is 0 Å². The molecule has 0 spiro atoms. The van der Waals surface area contributed by atoms with Crippen molar-refractivity contribution in [3.8, 4) is 0 Å². The first-order valence-corrected chi connectivity index (χ1v) is 8.79. The molecule has 0 bridgehead atoms. The smallest absolute Gasteiger partial charge is 0.303 e. The predicted molar refractivity (Wildman–Crippen MR) is 98.2 cm³/mol. The predicted octanol–water partition coefficient (Wildman–Crippen LogP) is 3.12. The lowest BCUT2D eigenvalue weighted by molar-refractivity contribution is -0.154. The van der Waals surface area contributed by atoms with Crippen molar-refractivity contribution in [2.75, 3.05) is 7.05 Å². The molecule has 0 N–H and O–H groups in total. The maximum Gasteiger partial charge on any atom is 0.303 e. The molecule has 0 fully saturated rings. The highest BCUT2D eigenvalue weighted by molar-refractivity contribution is 5.78. The van der Waals surface area contributed by atoms with Crippen molar-refractivity contribution in [1.82, 2.24) is 4.90 Å². The molecule has 1 aromatic rings. The second kappa shape index (κ2) is 9.94. The third kappa shape index (κ3) is 6.50. The largest absolute Gasteiger partial charge is 0.463 e. The summed E-state index contributed by atoms with van der Waals surface area (Å²) < 4.78 is 10.6. The quantitative estimate of drug-likeness (QED) is 0.664. The molecule has 0 saturated carbocycles. The van der Waals surface area contributed by atoms with Gasteiger partial charge in [-0.05, 0) is 25.8 Å². The number of ether oxygens (including phenoxy) is 2. The van der Waals surface area contributed by atoms with Gasteiger partial charge in [0, 0.05) is 26.8 Å². The number of carbonyl (C=O) groups excluding carboxylic acids is 3. The van der Waals surface area contributed by atoms with Crippen molar-refractivity contribution in [2.24, 2.45) is 5.92 Å². The summed E-state index contributed by atoms with van der Waals surface area (Å²) in [6, 6.07) is 9.00. The highest BCUT2D eigenvalue weighted by Crippen LogP contribution is 2.26. The van der Waals surface area contributed by atoms with E-state index in [9.17, 15) is 14.4 Å². The zero-order valence-corrected chi connectivity index (χ0v) is 16.4. The van der Waals surface area contributed by atoms with Crippen LogP contribution in [0.2, 0.25) is 0 Å². The maximum absolute atomic E-state index is 12.8. The minimum atomic E-state index is -0.555. The first-order valence-electron chi connectivity index (χ1n) is 8.79. The second-order valence-electron chi connectivity index (χ2n) is 6.69. The van der Waals surface area contributed by atoms with Crippen LogP contribution in [0, 0.1) is 5.92 Å². The van der Waals surface area contributed by atoms with Crippen molar-refractivity contribution in [1.29, 1.82) is 0 Å². The normalized spacial score (nSPS) is 15.3. The molecule has 4 atom stereocenters. The Morgan fingerprint density at radius 3 is 2.00 bits per heavy atom. The molecule has 0 aromatic heterocycles. The molecular formula is C20H29NO5. The van der Waals surface area contributed by atoms with Gasteiger partial charge >= 0.3 is 11.9 Å². The van der Waals surface area contributed by atoms with Gasteiger partial charge in [-0.2, -0.15) is 0 Å². The van der Waals surface area contributed by atoms with Crippen molar-refractivity contribution in [2.45, 2.75) is 59.3 Å². The molecule has 0 unspecified atom stereocenters. The van der Waals surface area contributed by atoms with Gasteiger partial charge in [-0.1, -0.05) is 37.3 Å². The van der Waals surface area contributed by atoms with Gasteiger partial charge in [0.2, 0.25) is 5.91 Å². The van der Waals surface area contributed by atoms with E-state index in [1.807, 2.05) is 37.3 Å². The summed E-state index contributed by atoms with van der Waals surface area (Å²) in [5.41, 5.74) is 0.829. The van der Waals surface area contributed by atoms with Crippen LogP contribution in [-0.2, 0) is 23.9 Å². The summed E-state index contributed by atoms with van der Waals surface area (Å²) in [5, 5.41) is 0. The summed E-state index contributed by atoms with van der Waals surface area (Å²) in [6.45, 7) is 8.12. The topological polar surface area (TPSA) is 72.9 Å². The third-order valence-electron chi connectivity index (χ3n) is 4.29. The third-order valence-corrected chi connectivity index (χ3v) is 4.29. The van der Waals surface area contributed by atoms with Gasteiger partial charge in [0.25, 0.3) is 0 Å². The Morgan fingerprint density at radius 1 is 0.962 bits per heavy atom. The molecule has 6 heteroatoms. The van der Waals surface area contributed by atoms with Gasteiger partial charge in [-0.3, -0.25) is 14.4 Å². The zero-order chi connectivity index (χ0) is 19.9. The average molecular weight is 363 g/mol. The van der Waals surface area contributed by atoms with Crippen LogP contribution in [0.5, 0.6) is 0 Å². The number of likely N-dealkylation sites (N-methyl/N-ethyl adjacent to an activating group) is 1. The molecule has 1 aromatic carbocycles. The van der Waals surface area contributed by atoms with Crippen LogP contribution in [0.15, 0.2) is 30.3 Å². The average Bonchev–Trinajstić information content (AvgIpc) is 2.57. The number of rotatable bonds is 8. The Hall–Kier alpha value is -2.37. The van der Waals surface area contributed by atoms with E-state index in [0.29, 0.717) is 6.42 Å². The van der Waals surface area contributed by atoms with E-state index in [1.54, 1.807) is 25.8 Å². The molecule has 0 radical (unpaired) electrons. The number of esters is 2. The molecule has 0 aliphatic carbocycles. The van der Waals surface area contributed by atoms with E-state index in [2.05, 4.69) is 0 Å². The summed E-state index contributed by atoms with van der Waals surface area (Å²) in [6.07, 6.45) is -0.465. The first-order chi connectivity index (χ1) is 12.1. The fraction of sp³-hybridized carbons (Fsp3) is 0.550. The Bertz CT molecular complexity index is 616. The summed E-state index contributed by atoms with van der Waals surface area (Å²) in [7, 11) is 1.69. The molecular weight excluding hydrogens is 334 g/mol. The minimum Gasteiger partial charge on any atom is -0.463 e. The standard InChI is InChI=1S/C20H29NO5/c1-13(12-14(2)25-16(4)22)20(24)21(6)15(3)19(26-17(5)23)18-10-8-7-9-11-18/h7-11,13-15,19H,12H2,1-6H3/t13-,14-,15-,19+/m0/s1. The van der Waals surface area contributed by atoms with Crippen molar-refractivity contribution >= 4 is 17.8 Å². The van der Waals surface area contributed by atoms with Crippen LogP contribution in [-0.4, -0.2) is 41.9 Å². The number of nitrogens with zero attached hydrogens (tertiary/aromatic N) is 1. The van der Waals surface area contributed by atoms with Gasteiger partial charge in [0.15, 0.2) is 0 Å². The highest BCUT2D eigenvalue weighted by atomic mass is 16.5. The number of carbonyl (C=O) groups is 3. The molecule has 0 saturated heterocycles. The number of amides is 1. The zero-order valence-electron chi connectivity index (χ0n) is 16.4. The maximum atomic E-state index is 12.8. The van der Waals surface area contributed by atoms with Gasteiger partial charge in [0.1, 0.15) is 6.10 Å². The van der Waals surface area contributed by atoms with Crippen LogP contribution in [0.1, 0.15) is 52.7 Å². The van der Waals surface area contributed by atoms with Crippen molar-refractivity contribution in [3.63, 3.8) is 0 Å². The summed E-state index contributed by atoms with van der Waals surface area (Å²) in [4.78, 5) is 36.9. The number of hydrogen-bond acceptors (Lipinski definition) is 5. The van der Waals surface area contributed by atoms with E-state index in [1.165, 1.54) is 13.8 Å². The molecule has 144 valence electrons. The SMILES string of the molecule is CC(=O)O[C@@H](C)C[C@H](C)C(=O)N(C)[C@@H](C)[C@@H](OC(C)=O)c1ccccc1. The van der Waals surface area contributed by atoms with Gasteiger partial charge in [0.05, 0.1) is 12.1 Å². The number of benzene rings is 1. The molecule has 6 nitrogen and oxygen atoms in total. The Balaban J connectivity index is 2.86. The molecule has 0 aliphatic heterocycles. The van der Waals surface area contributed by atoms with E-state index in [4.69, 9.17) is 9.47 Å². The number of hydrogen-bond donors (Lipinski definition) is 0. The van der Waals surface area contributed by atoms with Crippen molar-refractivity contribution in [3.05, 3.63) is 35.9 Å². The lowest BCUT2D eigenvalue weighted by Crippen LogP contribution is -2.43. The first kappa shape index (κ1) is 21.7. The Morgan fingerprint density at radius 2 is 1.50 bits per heavy atom. The van der Waals surface area contributed by atoms with E-state index in [0.717, 1.165) is 5.56 Å². The highest BCUT2D eigenvalue weighted by Gasteiger charge is 2.31. The second-order valence-corrected chi connectivity index (χ2v) is 6.69. The summed E-state index contributed by atoms with van der Waals surface area (Å²) in [5.74, 6) is -1.18. The Kier molecular flexibility index (Phi) is 8.29. The lowest BCUT2D eigenvalue weighted by Gasteiger charge is -2.33. The van der Waals surface area contributed by atoms with Gasteiger partial charge in [-0.25, -0.2) is 0 Å². The van der Waals surface area contributed by atoms with E-state index >= 15 is 0 Å². The van der Waals surface area contributed by atoms with Crippen LogP contribution in [0.25, 0.3) is 0 Å². The molecule has 1 amide bonds. The monoisotopic (exact) mass is 363 g/mol. The molecule has 0 heterocycles. The summed E-state index contributed by atoms with van der Waals surface area (Å²) >= 11 is 0. The molecule has 1 rings (SSSR count).